The molecule has 30 heavy (non-hydrogen) atoms. The van der Waals surface area contributed by atoms with Gasteiger partial charge in [0.25, 0.3) is 11.8 Å². The van der Waals surface area contributed by atoms with E-state index in [1.807, 2.05) is 24.3 Å². The van der Waals surface area contributed by atoms with Gasteiger partial charge in [0.2, 0.25) is 5.91 Å². The molecule has 5 rings (SSSR count). The molecule has 0 aliphatic carbocycles. The lowest BCUT2D eigenvalue weighted by Crippen LogP contribution is -2.56. The van der Waals surface area contributed by atoms with Crippen molar-refractivity contribution in [1.29, 1.82) is 0 Å². The maximum atomic E-state index is 13.7. The minimum Gasteiger partial charge on any atom is -0.480 e. The normalized spacial score (nSPS) is 25.5. The first-order chi connectivity index (χ1) is 14.5. The highest BCUT2D eigenvalue weighted by Crippen LogP contribution is 2.41. The molecular weight excluding hydrogens is 384 g/mol. The summed E-state index contributed by atoms with van der Waals surface area (Å²) < 4.78 is 0. The van der Waals surface area contributed by atoms with Crippen molar-refractivity contribution in [2.24, 2.45) is 0 Å². The Hall–Kier alpha value is -3.48. The fourth-order valence-corrected chi connectivity index (χ4v) is 5.06. The molecule has 3 heterocycles. The van der Waals surface area contributed by atoms with Gasteiger partial charge in [-0.05, 0) is 42.5 Å². The van der Waals surface area contributed by atoms with Crippen molar-refractivity contribution in [2.45, 2.75) is 43.8 Å². The minimum atomic E-state index is -1.07. The number of aliphatic carboxylic acids is 1. The summed E-state index contributed by atoms with van der Waals surface area (Å²) in [4.78, 5) is 54.3. The van der Waals surface area contributed by atoms with E-state index in [9.17, 15) is 24.3 Å². The predicted molar refractivity (Wildman–Crippen MR) is 106 cm³/mol. The molecule has 2 aromatic carbocycles. The van der Waals surface area contributed by atoms with Gasteiger partial charge in [0.15, 0.2) is 0 Å². The molecule has 0 aromatic heterocycles. The molecule has 2 unspecified atom stereocenters. The number of nitrogens with zero attached hydrogens (tertiary/aromatic N) is 2. The smallest absolute Gasteiger partial charge is 0.326 e. The molecule has 3 atom stereocenters. The van der Waals surface area contributed by atoms with Gasteiger partial charge in [-0.15, -0.1) is 0 Å². The topological polar surface area (TPSA) is 95.0 Å². The highest BCUT2D eigenvalue weighted by atomic mass is 16.4. The fraction of sp³-hybridized carbons (Fsp3) is 0.304. The number of benzene rings is 2. The zero-order valence-electron chi connectivity index (χ0n) is 16.2. The van der Waals surface area contributed by atoms with Crippen molar-refractivity contribution in [3.05, 3.63) is 70.8 Å². The van der Waals surface area contributed by atoms with E-state index in [-0.39, 0.29) is 23.6 Å². The number of piperidine rings is 1. The van der Waals surface area contributed by atoms with Crippen molar-refractivity contribution in [2.75, 3.05) is 0 Å². The van der Waals surface area contributed by atoms with Crippen molar-refractivity contribution in [3.63, 3.8) is 0 Å². The first-order valence-corrected chi connectivity index (χ1v) is 10.1. The number of fused-ring (bicyclic) bond motifs is 4. The predicted octanol–water partition coefficient (Wildman–Crippen LogP) is 2.41. The molecule has 3 amide bonds. The average Bonchev–Trinajstić information content (AvgIpc) is 2.93. The quantitative estimate of drug-likeness (QED) is 0.776. The van der Waals surface area contributed by atoms with Gasteiger partial charge in [-0.3, -0.25) is 19.3 Å². The fourth-order valence-electron chi connectivity index (χ4n) is 5.06. The van der Waals surface area contributed by atoms with Gasteiger partial charge in [0.1, 0.15) is 12.1 Å². The van der Waals surface area contributed by atoms with Gasteiger partial charge in [-0.25, -0.2) is 4.79 Å². The molecule has 0 saturated carbocycles. The summed E-state index contributed by atoms with van der Waals surface area (Å²) in [6.45, 7) is 0. The number of rotatable bonds is 2. The SMILES string of the molecule is O=C(O)[C@@H]1CCCC2c3ccccc3CC(N3C(=O)c4ccccc4C3=O)C(=O)N21. The standard InChI is InChI=1S/C23H20N2O5/c26-20-15-8-3-4-9-16(15)21(27)25(20)19-12-13-6-1-2-7-14(13)17-10-5-11-18(23(29)30)24(17)22(19)28/h1-4,6-9,17-19H,5,10-12H2,(H,29,30)/t17?,18-,19?/m0/s1. The minimum absolute atomic E-state index is 0.180. The van der Waals surface area contributed by atoms with Crippen LogP contribution in [-0.2, 0) is 16.0 Å². The zero-order chi connectivity index (χ0) is 21.0. The first kappa shape index (κ1) is 18.5. The van der Waals surface area contributed by atoms with Crippen LogP contribution < -0.4 is 0 Å². The third kappa shape index (κ3) is 2.58. The Morgan fingerprint density at radius 3 is 2.17 bits per heavy atom. The van der Waals surface area contributed by atoms with Crippen LogP contribution in [0.4, 0.5) is 0 Å². The molecule has 152 valence electrons. The molecule has 3 aliphatic rings. The van der Waals surface area contributed by atoms with E-state index in [0.29, 0.717) is 19.3 Å². The van der Waals surface area contributed by atoms with Gasteiger partial charge in [0.05, 0.1) is 17.2 Å². The van der Waals surface area contributed by atoms with Crippen LogP contribution in [0.5, 0.6) is 0 Å². The highest BCUT2D eigenvalue weighted by molar-refractivity contribution is 6.23. The number of hydrogen-bond donors (Lipinski definition) is 1. The second-order valence-electron chi connectivity index (χ2n) is 7.99. The summed E-state index contributed by atoms with van der Waals surface area (Å²) in [6, 6.07) is 11.6. The van der Waals surface area contributed by atoms with Crippen LogP contribution in [0.25, 0.3) is 0 Å². The Kier molecular flexibility index (Phi) is 4.20. The molecule has 1 saturated heterocycles. The Balaban J connectivity index is 1.64. The zero-order valence-corrected chi connectivity index (χ0v) is 16.2. The number of carboxylic acid groups (broad SMARTS) is 1. The summed E-state index contributed by atoms with van der Waals surface area (Å²) in [6.07, 6.45) is 1.88. The van der Waals surface area contributed by atoms with E-state index in [4.69, 9.17) is 0 Å². The second-order valence-corrected chi connectivity index (χ2v) is 7.99. The number of carboxylic acids is 1. The number of imide groups is 1. The highest BCUT2D eigenvalue weighted by Gasteiger charge is 2.50. The van der Waals surface area contributed by atoms with Crippen LogP contribution in [0.15, 0.2) is 48.5 Å². The first-order valence-electron chi connectivity index (χ1n) is 10.1. The van der Waals surface area contributed by atoms with Crippen LogP contribution in [0.2, 0.25) is 0 Å². The van der Waals surface area contributed by atoms with Crippen LogP contribution in [0.1, 0.15) is 57.1 Å². The summed E-state index contributed by atoms with van der Waals surface area (Å²) in [5.74, 6) is -2.55. The Bertz CT molecular complexity index is 1060. The third-order valence-corrected chi connectivity index (χ3v) is 6.42. The number of carbonyl (C=O) groups is 4. The lowest BCUT2D eigenvalue weighted by molar-refractivity contribution is -0.156. The number of carbonyl (C=O) groups excluding carboxylic acids is 3. The van der Waals surface area contributed by atoms with E-state index in [1.165, 1.54) is 4.90 Å². The molecule has 7 nitrogen and oxygen atoms in total. The van der Waals surface area contributed by atoms with Crippen LogP contribution >= 0.6 is 0 Å². The van der Waals surface area contributed by atoms with Crippen LogP contribution in [0, 0.1) is 0 Å². The van der Waals surface area contributed by atoms with E-state index in [0.717, 1.165) is 16.0 Å². The third-order valence-electron chi connectivity index (χ3n) is 6.42. The Morgan fingerprint density at radius 1 is 0.867 bits per heavy atom. The van der Waals surface area contributed by atoms with Crippen LogP contribution in [-0.4, -0.2) is 50.7 Å². The molecule has 1 fully saturated rings. The van der Waals surface area contributed by atoms with E-state index in [2.05, 4.69) is 0 Å². The lowest BCUT2D eigenvalue weighted by Gasteiger charge is -2.41. The largest absolute Gasteiger partial charge is 0.480 e. The van der Waals surface area contributed by atoms with Crippen molar-refractivity contribution < 1.29 is 24.3 Å². The maximum absolute atomic E-state index is 13.7. The summed E-state index contributed by atoms with van der Waals surface area (Å²) in [7, 11) is 0. The van der Waals surface area contributed by atoms with Gasteiger partial charge in [-0.2, -0.15) is 0 Å². The van der Waals surface area contributed by atoms with Gasteiger partial charge < -0.3 is 10.0 Å². The van der Waals surface area contributed by atoms with Crippen LogP contribution in [0.3, 0.4) is 0 Å². The van der Waals surface area contributed by atoms with Gasteiger partial charge in [0, 0.05) is 6.42 Å². The Morgan fingerprint density at radius 2 is 1.50 bits per heavy atom. The molecule has 0 spiro atoms. The molecule has 3 aliphatic heterocycles. The molecule has 0 radical (unpaired) electrons. The molecule has 7 heteroatoms. The number of amides is 3. The summed E-state index contributed by atoms with van der Waals surface area (Å²) in [5.41, 5.74) is 2.32. The van der Waals surface area contributed by atoms with Gasteiger partial charge >= 0.3 is 5.97 Å². The molecule has 2 aromatic rings. The Labute approximate surface area is 172 Å². The van der Waals surface area contributed by atoms with E-state index < -0.39 is 35.8 Å². The molecule has 0 bridgehead atoms. The summed E-state index contributed by atoms with van der Waals surface area (Å²) >= 11 is 0. The monoisotopic (exact) mass is 404 g/mol. The molecular formula is C23H20N2O5. The lowest BCUT2D eigenvalue weighted by atomic mass is 9.89. The number of hydrogen-bond acceptors (Lipinski definition) is 4. The van der Waals surface area contributed by atoms with Crippen molar-refractivity contribution >= 4 is 23.7 Å². The van der Waals surface area contributed by atoms with E-state index in [1.54, 1.807) is 24.3 Å². The van der Waals surface area contributed by atoms with Crippen molar-refractivity contribution in [1.82, 2.24) is 9.80 Å². The molecule has 1 N–H and O–H groups in total. The second kappa shape index (κ2) is 6.79. The maximum Gasteiger partial charge on any atom is 0.326 e. The van der Waals surface area contributed by atoms with Crippen molar-refractivity contribution in [3.8, 4) is 0 Å². The van der Waals surface area contributed by atoms with E-state index >= 15 is 0 Å². The van der Waals surface area contributed by atoms with Gasteiger partial charge in [-0.1, -0.05) is 36.4 Å². The summed E-state index contributed by atoms with van der Waals surface area (Å²) in [5, 5.41) is 9.79. The average molecular weight is 404 g/mol.